The maximum atomic E-state index is 6.46. The van der Waals surface area contributed by atoms with Gasteiger partial charge >= 0.3 is 0 Å². The quantitative estimate of drug-likeness (QED) is 0.735. The molecular weight excluding hydrogens is 326 g/mol. The minimum atomic E-state index is 0.167. The molecule has 120 valence electrons. The van der Waals surface area contributed by atoms with Crippen LogP contribution in [0.15, 0.2) is 28.7 Å². The molecule has 4 heteroatoms. The van der Waals surface area contributed by atoms with Crippen molar-refractivity contribution < 1.29 is 0 Å². The zero-order chi connectivity index (χ0) is 15.8. The third-order valence-corrected chi connectivity index (χ3v) is 4.36. The summed E-state index contributed by atoms with van der Waals surface area (Å²) in [6.45, 7) is 7.60. The van der Waals surface area contributed by atoms with Gasteiger partial charge in [-0.3, -0.25) is 4.90 Å². The van der Waals surface area contributed by atoms with Crippen LogP contribution in [0.3, 0.4) is 0 Å². The second kappa shape index (κ2) is 9.57. The number of hydrogen-bond donors (Lipinski definition) is 1. The van der Waals surface area contributed by atoms with Crippen LogP contribution in [0.1, 0.15) is 38.3 Å². The average Bonchev–Trinajstić information content (AvgIpc) is 2.46. The van der Waals surface area contributed by atoms with Gasteiger partial charge in [-0.2, -0.15) is 0 Å². The fourth-order valence-corrected chi connectivity index (χ4v) is 2.88. The number of likely N-dealkylation sites (N-methyl/N-ethyl adjacent to an activating group) is 1. The van der Waals surface area contributed by atoms with Crippen LogP contribution < -0.4 is 5.73 Å². The SMILES string of the molecule is CCCN(CCN(C)C)C(c1ccc(Br)cc1)C(N)CC. The highest BCUT2D eigenvalue weighted by Crippen LogP contribution is 2.26. The van der Waals surface area contributed by atoms with Crippen LogP contribution in [-0.2, 0) is 0 Å². The van der Waals surface area contributed by atoms with E-state index in [-0.39, 0.29) is 6.04 Å². The molecule has 0 bridgehead atoms. The van der Waals surface area contributed by atoms with Crippen molar-refractivity contribution in [2.45, 2.75) is 38.8 Å². The molecule has 1 aromatic rings. The van der Waals surface area contributed by atoms with E-state index in [4.69, 9.17) is 5.73 Å². The largest absolute Gasteiger partial charge is 0.326 e. The molecule has 0 fully saturated rings. The molecule has 0 aliphatic heterocycles. The summed E-state index contributed by atoms with van der Waals surface area (Å²) >= 11 is 3.51. The molecule has 2 atom stereocenters. The summed E-state index contributed by atoms with van der Waals surface area (Å²) in [6, 6.07) is 9.08. The average molecular weight is 356 g/mol. The third-order valence-electron chi connectivity index (χ3n) is 3.83. The van der Waals surface area contributed by atoms with Crippen molar-refractivity contribution in [3.8, 4) is 0 Å². The van der Waals surface area contributed by atoms with Crippen molar-refractivity contribution in [1.82, 2.24) is 9.80 Å². The van der Waals surface area contributed by atoms with Crippen molar-refractivity contribution in [2.75, 3.05) is 33.7 Å². The highest BCUT2D eigenvalue weighted by atomic mass is 79.9. The van der Waals surface area contributed by atoms with Gasteiger partial charge in [0.1, 0.15) is 0 Å². The van der Waals surface area contributed by atoms with Gasteiger partial charge in [0.25, 0.3) is 0 Å². The first-order chi connectivity index (χ1) is 9.99. The second-order valence-corrected chi connectivity index (χ2v) is 6.82. The van der Waals surface area contributed by atoms with E-state index < -0.39 is 0 Å². The molecule has 0 saturated carbocycles. The van der Waals surface area contributed by atoms with Crippen molar-refractivity contribution in [3.05, 3.63) is 34.3 Å². The van der Waals surface area contributed by atoms with E-state index in [9.17, 15) is 0 Å². The van der Waals surface area contributed by atoms with Crippen molar-refractivity contribution in [3.63, 3.8) is 0 Å². The Morgan fingerprint density at radius 1 is 1.05 bits per heavy atom. The van der Waals surface area contributed by atoms with E-state index in [0.717, 1.165) is 36.9 Å². The lowest BCUT2D eigenvalue weighted by atomic mass is 9.96. The monoisotopic (exact) mass is 355 g/mol. The Balaban J connectivity index is 2.98. The van der Waals surface area contributed by atoms with Crippen molar-refractivity contribution in [2.24, 2.45) is 5.73 Å². The first kappa shape index (κ1) is 18.6. The van der Waals surface area contributed by atoms with Gasteiger partial charge in [0.15, 0.2) is 0 Å². The topological polar surface area (TPSA) is 32.5 Å². The predicted octanol–water partition coefficient (Wildman–Crippen LogP) is 3.50. The number of halogens is 1. The molecule has 21 heavy (non-hydrogen) atoms. The van der Waals surface area contributed by atoms with E-state index in [1.54, 1.807) is 0 Å². The van der Waals surface area contributed by atoms with Gasteiger partial charge in [-0.15, -0.1) is 0 Å². The zero-order valence-corrected chi connectivity index (χ0v) is 15.4. The number of benzene rings is 1. The molecule has 0 heterocycles. The lowest BCUT2D eigenvalue weighted by Gasteiger charge is -2.36. The molecule has 0 aliphatic rings. The summed E-state index contributed by atoms with van der Waals surface area (Å²) in [4.78, 5) is 4.77. The van der Waals surface area contributed by atoms with E-state index in [1.165, 1.54) is 5.56 Å². The summed E-state index contributed by atoms with van der Waals surface area (Å²) in [5.41, 5.74) is 7.78. The molecule has 1 rings (SSSR count). The molecular formula is C17H30BrN3. The first-order valence-electron chi connectivity index (χ1n) is 7.89. The summed E-state index contributed by atoms with van der Waals surface area (Å²) < 4.78 is 1.12. The Morgan fingerprint density at radius 2 is 1.67 bits per heavy atom. The van der Waals surface area contributed by atoms with Gasteiger partial charge in [-0.1, -0.05) is 41.9 Å². The van der Waals surface area contributed by atoms with E-state index in [1.807, 2.05) is 0 Å². The minimum absolute atomic E-state index is 0.167. The lowest BCUT2D eigenvalue weighted by molar-refractivity contribution is 0.155. The Labute approximate surface area is 138 Å². The van der Waals surface area contributed by atoms with Crippen molar-refractivity contribution in [1.29, 1.82) is 0 Å². The van der Waals surface area contributed by atoms with Crippen LogP contribution in [0.2, 0.25) is 0 Å². The molecule has 0 aliphatic carbocycles. The summed E-state index contributed by atoms with van der Waals surface area (Å²) in [5, 5.41) is 0. The molecule has 2 unspecified atom stereocenters. The van der Waals surface area contributed by atoms with Gasteiger partial charge in [0, 0.05) is 29.6 Å². The molecule has 0 radical (unpaired) electrons. The Morgan fingerprint density at radius 3 is 2.14 bits per heavy atom. The smallest absolute Gasteiger partial charge is 0.0499 e. The molecule has 0 amide bonds. The fraction of sp³-hybridized carbons (Fsp3) is 0.647. The Hall–Kier alpha value is -0.420. The van der Waals surface area contributed by atoms with E-state index in [2.05, 4.69) is 77.9 Å². The van der Waals surface area contributed by atoms with Crippen LogP contribution in [0, 0.1) is 0 Å². The Bertz CT molecular complexity index is 392. The zero-order valence-electron chi connectivity index (χ0n) is 13.8. The fourth-order valence-electron chi connectivity index (χ4n) is 2.62. The molecule has 0 spiro atoms. The normalized spacial score (nSPS) is 14.7. The number of nitrogens with zero attached hydrogens (tertiary/aromatic N) is 2. The minimum Gasteiger partial charge on any atom is -0.326 e. The van der Waals surface area contributed by atoms with Gasteiger partial charge in [-0.25, -0.2) is 0 Å². The summed E-state index contributed by atoms with van der Waals surface area (Å²) in [7, 11) is 4.25. The molecule has 0 aromatic heterocycles. The van der Waals surface area contributed by atoms with Gasteiger partial charge in [0.05, 0.1) is 0 Å². The number of hydrogen-bond acceptors (Lipinski definition) is 3. The lowest BCUT2D eigenvalue weighted by Crippen LogP contribution is -2.43. The van der Waals surface area contributed by atoms with Crippen LogP contribution >= 0.6 is 15.9 Å². The second-order valence-electron chi connectivity index (χ2n) is 5.91. The first-order valence-corrected chi connectivity index (χ1v) is 8.68. The van der Waals surface area contributed by atoms with E-state index in [0.29, 0.717) is 6.04 Å². The number of nitrogens with two attached hydrogens (primary N) is 1. The number of rotatable bonds is 9. The van der Waals surface area contributed by atoms with Gasteiger partial charge in [-0.05, 0) is 51.2 Å². The molecule has 1 aromatic carbocycles. The van der Waals surface area contributed by atoms with Crippen LogP contribution in [0.25, 0.3) is 0 Å². The highest BCUT2D eigenvalue weighted by molar-refractivity contribution is 9.10. The maximum Gasteiger partial charge on any atom is 0.0499 e. The summed E-state index contributed by atoms with van der Waals surface area (Å²) in [5.74, 6) is 0. The highest BCUT2D eigenvalue weighted by Gasteiger charge is 2.25. The van der Waals surface area contributed by atoms with Gasteiger partial charge in [0.2, 0.25) is 0 Å². The standard InChI is InChI=1S/C17H30BrN3/c1-5-11-21(13-12-20(3)4)17(16(19)6-2)14-7-9-15(18)10-8-14/h7-10,16-17H,5-6,11-13,19H2,1-4H3. The van der Waals surface area contributed by atoms with Crippen LogP contribution in [-0.4, -0.2) is 49.6 Å². The molecule has 0 saturated heterocycles. The summed E-state index contributed by atoms with van der Waals surface area (Å²) in [6.07, 6.45) is 2.14. The maximum absolute atomic E-state index is 6.46. The third kappa shape index (κ3) is 6.07. The molecule has 3 nitrogen and oxygen atoms in total. The Kier molecular flexibility index (Phi) is 8.49. The van der Waals surface area contributed by atoms with E-state index >= 15 is 0 Å². The molecule has 2 N–H and O–H groups in total. The van der Waals surface area contributed by atoms with Gasteiger partial charge < -0.3 is 10.6 Å². The van der Waals surface area contributed by atoms with Crippen molar-refractivity contribution >= 4 is 15.9 Å². The van der Waals surface area contributed by atoms with Crippen LogP contribution in [0.5, 0.6) is 0 Å². The van der Waals surface area contributed by atoms with Crippen LogP contribution in [0.4, 0.5) is 0 Å². The predicted molar refractivity (Wildman–Crippen MR) is 95.6 cm³/mol.